The summed E-state index contributed by atoms with van der Waals surface area (Å²) in [5.41, 5.74) is 1.95. The summed E-state index contributed by atoms with van der Waals surface area (Å²) >= 11 is 0. The predicted molar refractivity (Wildman–Crippen MR) is 125 cm³/mol. The van der Waals surface area contributed by atoms with Crippen molar-refractivity contribution < 1.29 is 17.9 Å². The van der Waals surface area contributed by atoms with Gasteiger partial charge in [0.15, 0.2) is 0 Å². The molecule has 1 fully saturated rings. The second-order valence-electron chi connectivity index (χ2n) is 8.23. The van der Waals surface area contributed by atoms with E-state index >= 15 is 0 Å². The third-order valence-electron chi connectivity index (χ3n) is 6.10. The average Bonchev–Trinajstić information content (AvgIpc) is 3.28. The Balaban J connectivity index is 1.41. The van der Waals surface area contributed by atoms with Crippen molar-refractivity contribution in [3.05, 3.63) is 78.0 Å². The fourth-order valence-corrected chi connectivity index (χ4v) is 5.95. The van der Waals surface area contributed by atoms with Crippen LogP contribution in [0.2, 0.25) is 0 Å². The van der Waals surface area contributed by atoms with Crippen molar-refractivity contribution in [2.24, 2.45) is 0 Å². The maximum atomic E-state index is 13.4. The van der Waals surface area contributed by atoms with Crippen molar-refractivity contribution in [1.29, 1.82) is 0 Å². The smallest absolute Gasteiger partial charge is 0.263 e. The lowest BCUT2D eigenvalue weighted by Gasteiger charge is -2.26. The number of fused-ring (bicyclic) bond motifs is 1. The first-order valence-corrected chi connectivity index (χ1v) is 12.6. The quantitative estimate of drug-likeness (QED) is 0.565. The Hall–Kier alpha value is -3.23. The van der Waals surface area contributed by atoms with Crippen LogP contribution in [0.3, 0.4) is 0 Å². The van der Waals surface area contributed by atoms with Crippen LogP contribution in [0.4, 0.5) is 5.69 Å². The maximum absolute atomic E-state index is 13.4. The Kier molecular flexibility index (Phi) is 5.86. The van der Waals surface area contributed by atoms with Crippen LogP contribution in [0.15, 0.2) is 71.8 Å². The van der Waals surface area contributed by atoms with Crippen LogP contribution in [-0.2, 0) is 16.4 Å². The van der Waals surface area contributed by atoms with Crippen LogP contribution in [-0.4, -0.2) is 43.2 Å². The molecule has 0 aliphatic carbocycles. The number of carbonyl (C=O) groups is 1. The third-order valence-corrected chi connectivity index (χ3v) is 8.00. The highest BCUT2D eigenvalue weighted by Gasteiger charge is 2.31. The number of pyridine rings is 1. The van der Waals surface area contributed by atoms with Gasteiger partial charge in [-0.1, -0.05) is 24.6 Å². The van der Waals surface area contributed by atoms with Gasteiger partial charge in [0.25, 0.3) is 5.91 Å². The molecule has 0 unspecified atom stereocenters. The Bertz CT molecular complexity index is 1270. The largest absolute Gasteiger partial charge is 0.438 e. The van der Waals surface area contributed by atoms with Gasteiger partial charge in [-0.3, -0.25) is 4.79 Å². The predicted octanol–water partition coefficient (Wildman–Crippen LogP) is 4.25. The lowest BCUT2D eigenvalue weighted by Crippen LogP contribution is -2.35. The van der Waals surface area contributed by atoms with E-state index < -0.39 is 10.0 Å². The molecule has 2 aromatic carbocycles. The Morgan fingerprint density at radius 1 is 0.909 bits per heavy atom. The molecule has 1 amide bonds. The molecule has 0 bridgehead atoms. The molecular formula is C25H25N3O4S. The van der Waals surface area contributed by atoms with Gasteiger partial charge < -0.3 is 9.64 Å². The zero-order chi connectivity index (χ0) is 22.8. The SMILES string of the molecule is O=C(c1cccnc1Oc1ccccc1)N1CCc2cc(S(=O)(=O)N3CCCCC3)ccc21. The number of hydrogen-bond acceptors (Lipinski definition) is 5. The van der Waals surface area contributed by atoms with Crippen molar-refractivity contribution in [1.82, 2.24) is 9.29 Å². The van der Waals surface area contributed by atoms with Crippen molar-refractivity contribution in [2.75, 3.05) is 24.5 Å². The first kappa shape index (κ1) is 21.6. The number of aromatic nitrogens is 1. The molecule has 0 saturated carbocycles. The first-order chi connectivity index (χ1) is 16.0. The number of nitrogens with zero attached hydrogens (tertiary/aromatic N) is 3. The molecule has 33 heavy (non-hydrogen) atoms. The zero-order valence-electron chi connectivity index (χ0n) is 18.2. The summed E-state index contributed by atoms with van der Waals surface area (Å²) in [7, 11) is -3.51. The van der Waals surface area contributed by atoms with E-state index in [0.29, 0.717) is 42.3 Å². The van der Waals surface area contributed by atoms with E-state index in [4.69, 9.17) is 4.74 Å². The monoisotopic (exact) mass is 463 g/mol. The standard InChI is InChI=1S/C25H25N3O4S/c29-25(22-10-7-14-26-24(22)32-20-8-3-1-4-9-20)28-17-13-19-18-21(11-12-23(19)28)33(30,31)27-15-5-2-6-16-27/h1,3-4,7-12,14,18H,2,5-6,13,15-17H2. The molecule has 0 spiro atoms. The topological polar surface area (TPSA) is 79.8 Å². The molecule has 3 aromatic rings. The van der Waals surface area contributed by atoms with Crippen LogP contribution in [0, 0.1) is 0 Å². The number of amides is 1. The second kappa shape index (κ2) is 8.96. The molecule has 1 saturated heterocycles. The molecule has 0 atom stereocenters. The summed E-state index contributed by atoms with van der Waals surface area (Å²) in [4.78, 5) is 19.7. The highest BCUT2D eigenvalue weighted by Crippen LogP contribution is 2.34. The minimum atomic E-state index is -3.51. The molecule has 2 aliphatic heterocycles. The van der Waals surface area contributed by atoms with Gasteiger partial charge in [-0.2, -0.15) is 4.31 Å². The van der Waals surface area contributed by atoms with E-state index in [2.05, 4.69) is 4.98 Å². The van der Waals surface area contributed by atoms with Gasteiger partial charge >= 0.3 is 0 Å². The number of piperidine rings is 1. The fraction of sp³-hybridized carbons (Fsp3) is 0.280. The minimum Gasteiger partial charge on any atom is -0.438 e. The van der Waals surface area contributed by atoms with Crippen LogP contribution < -0.4 is 9.64 Å². The number of rotatable bonds is 5. The number of benzene rings is 2. The summed E-state index contributed by atoms with van der Waals surface area (Å²) < 4.78 is 33.6. The van der Waals surface area contributed by atoms with Crippen LogP contribution in [0.1, 0.15) is 35.2 Å². The molecule has 8 heteroatoms. The normalized spacial score (nSPS) is 16.4. The average molecular weight is 464 g/mol. The number of para-hydroxylation sites is 1. The van der Waals surface area contributed by atoms with Gasteiger partial charge in [0.1, 0.15) is 11.3 Å². The first-order valence-electron chi connectivity index (χ1n) is 11.2. The summed E-state index contributed by atoms with van der Waals surface area (Å²) in [6, 6.07) is 17.7. The number of sulfonamides is 1. The molecular weight excluding hydrogens is 438 g/mol. The minimum absolute atomic E-state index is 0.223. The molecule has 5 rings (SSSR count). The summed E-state index contributed by atoms with van der Waals surface area (Å²) in [6.07, 6.45) is 5.04. The van der Waals surface area contributed by atoms with Gasteiger partial charge in [-0.15, -0.1) is 0 Å². The van der Waals surface area contributed by atoms with E-state index in [9.17, 15) is 13.2 Å². The summed E-state index contributed by atoms with van der Waals surface area (Å²) in [5, 5.41) is 0. The number of ether oxygens (including phenoxy) is 1. The maximum Gasteiger partial charge on any atom is 0.263 e. The number of hydrogen-bond donors (Lipinski definition) is 0. The highest BCUT2D eigenvalue weighted by molar-refractivity contribution is 7.89. The summed E-state index contributed by atoms with van der Waals surface area (Å²) in [5.74, 6) is 0.616. The third kappa shape index (κ3) is 4.24. The summed E-state index contributed by atoms with van der Waals surface area (Å²) in [6.45, 7) is 1.60. The molecule has 170 valence electrons. The van der Waals surface area contributed by atoms with Crippen molar-refractivity contribution in [3.63, 3.8) is 0 Å². The Morgan fingerprint density at radius 3 is 2.48 bits per heavy atom. The van der Waals surface area contributed by atoms with Gasteiger partial charge in [0.05, 0.1) is 4.90 Å². The lowest BCUT2D eigenvalue weighted by molar-refractivity contribution is 0.0986. The van der Waals surface area contributed by atoms with E-state index in [1.54, 1.807) is 57.9 Å². The molecule has 3 heterocycles. The lowest BCUT2D eigenvalue weighted by atomic mass is 10.1. The van der Waals surface area contributed by atoms with E-state index in [-0.39, 0.29) is 11.8 Å². The number of carbonyl (C=O) groups excluding carboxylic acids is 1. The Labute approximate surface area is 193 Å². The zero-order valence-corrected chi connectivity index (χ0v) is 19.0. The van der Waals surface area contributed by atoms with Crippen molar-refractivity contribution in [2.45, 2.75) is 30.6 Å². The Morgan fingerprint density at radius 2 is 1.70 bits per heavy atom. The second-order valence-corrected chi connectivity index (χ2v) is 10.2. The van der Waals surface area contributed by atoms with Gasteiger partial charge in [-0.05, 0) is 67.3 Å². The highest BCUT2D eigenvalue weighted by atomic mass is 32.2. The van der Waals surface area contributed by atoms with Crippen LogP contribution >= 0.6 is 0 Å². The van der Waals surface area contributed by atoms with E-state index in [1.807, 2.05) is 18.2 Å². The molecule has 2 aliphatic rings. The molecule has 0 radical (unpaired) electrons. The van der Waals surface area contributed by atoms with Gasteiger partial charge in [0.2, 0.25) is 15.9 Å². The fourth-order valence-electron chi connectivity index (χ4n) is 4.38. The van der Waals surface area contributed by atoms with Gasteiger partial charge in [-0.25, -0.2) is 13.4 Å². The van der Waals surface area contributed by atoms with E-state index in [1.165, 1.54) is 0 Å². The van der Waals surface area contributed by atoms with Crippen LogP contribution in [0.25, 0.3) is 0 Å². The van der Waals surface area contributed by atoms with Crippen LogP contribution in [0.5, 0.6) is 11.6 Å². The van der Waals surface area contributed by atoms with E-state index in [0.717, 1.165) is 30.5 Å². The van der Waals surface area contributed by atoms with Gasteiger partial charge in [0, 0.05) is 31.5 Å². The molecule has 0 N–H and O–H groups in total. The molecule has 1 aromatic heterocycles. The molecule has 7 nitrogen and oxygen atoms in total. The number of anilines is 1. The van der Waals surface area contributed by atoms with Crippen molar-refractivity contribution in [3.8, 4) is 11.6 Å². The van der Waals surface area contributed by atoms with Crippen molar-refractivity contribution >= 4 is 21.6 Å².